The van der Waals surface area contributed by atoms with Gasteiger partial charge < -0.3 is 15.2 Å². The molecule has 2 bridgehead atoms. The topological polar surface area (TPSA) is 51.3 Å². The number of nitrogens with zero attached hydrogens (tertiary/aromatic N) is 2. The molecule has 2 saturated heterocycles. The lowest BCUT2D eigenvalue weighted by Gasteiger charge is -2.37. The molecule has 3 heterocycles. The number of fused-ring (bicyclic) bond motifs is 2. The highest BCUT2D eigenvalue weighted by Gasteiger charge is 2.42. The van der Waals surface area contributed by atoms with Crippen LogP contribution >= 0.6 is 0 Å². The van der Waals surface area contributed by atoms with Crippen molar-refractivity contribution in [1.29, 1.82) is 0 Å². The van der Waals surface area contributed by atoms with E-state index < -0.39 is 13.0 Å². The highest BCUT2D eigenvalue weighted by molar-refractivity contribution is 5.93. The average Bonchev–Trinajstić information content (AvgIpc) is 2.91. The first-order valence-corrected chi connectivity index (χ1v) is 7.08. The number of rotatable bonds is 3. The van der Waals surface area contributed by atoms with Gasteiger partial charge in [0.2, 0.25) is 0 Å². The summed E-state index contributed by atoms with van der Waals surface area (Å²) in [6.45, 7) is -0.434. The summed E-state index contributed by atoms with van der Waals surface area (Å²) >= 11 is 0. The van der Waals surface area contributed by atoms with E-state index in [0.717, 1.165) is 25.7 Å². The fourth-order valence-corrected chi connectivity index (χ4v) is 3.60. The number of hydrogen-bond donors (Lipinski definition) is 1. The summed E-state index contributed by atoms with van der Waals surface area (Å²) in [6, 6.07) is 3.77. The summed E-state index contributed by atoms with van der Waals surface area (Å²) in [5, 5.41) is 0. The van der Waals surface area contributed by atoms with Gasteiger partial charge in [0.1, 0.15) is 5.69 Å². The molecule has 2 N–H and O–H groups in total. The Morgan fingerprint density at radius 1 is 1.35 bits per heavy atom. The van der Waals surface area contributed by atoms with Crippen LogP contribution in [0.5, 0.6) is 0 Å². The summed E-state index contributed by atoms with van der Waals surface area (Å²) < 4.78 is 26.4. The van der Waals surface area contributed by atoms with Crippen molar-refractivity contribution in [3.63, 3.8) is 0 Å². The van der Waals surface area contributed by atoms with Crippen molar-refractivity contribution in [3.05, 3.63) is 24.0 Å². The van der Waals surface area contributed by atoms with Crippen LogP contribution in [0.3, 0.4) is 0 Å². The maximum absolute atomic E-state index is 12.7. The van der Waals surface area contributed by atoms with Gasteiger partial charge in [-0.1, -0.05) is 0 Å². The van der Waals surface area contributed by atoms with Crippen LogP contribution < -0.4 is 5.73 Å². The lowest BCUT2D eigenvalue weighted by atomic mass is 9.98. The summed E-state index contributed by atoms with van der Waals surface area (Å²) in [7, 11) is 0. The fraction of sp³-hybridized carbons (Fsp3) is 0.643. The zero-order valence-corrected chi connectivity index (χ0v) is 11.2. The number of halogens is 2. The minimum absolute atomic E-state index is 0.130. The van der Waals surface area contributed by atoms with Gasteiger partial charge in [-0.2, -0.15) is 0 Å². The second-order valence-corrected chi connectivity index (χ2v) is 5.77. The lowest BCUT2D eigenvalue weighted by Crippen LogP contribution is -2.50. The van der Waals surface area contributed by atoms with Crippen LogP contribution in [0.2, 0.25) is 0 Å². The molecule has 2 aliphatic heterocycles. The van der Waals surface area contributed by atoms with E-state index in [1.165, 1.54) is 10.8 Å². The Bertz CT molecular complexity index is 488. The Morgan fingerprint density at radius 2 is 2.00 bits per heavy atom. The van der Waals surface area contributed by atoms with Crippen LogP contribution in [0.1, 0.15) is 36.2 Å². The van der Waals surface area contributed by atoms with Crippen molar-refractivity contribution >= 4 is 5.91 Å². The van der Waals surface area contributed by atoms with E-state index in [0.29, 0.717) is 5.69 Å². The molecular weight excluding hydrogens is 264 g/mol. The molecule has 1 aromatic heterocycles. The Morgan fingerprint density at radius 3 is 2.60 bits per heavy atom. The van der Waals surface area contributed by atoms with Gasteiger partial charge in [-0.05, 0) is 37.8 Å². The van der Waals surface area contributed by atoms with Crippen molar-refractivity contribution in [2.75, 3.05) is 0 Å². The van der Waals surface area contributed by atoms with Crippen LogP contribution in [0.4, 0.5) is 8.78 Å². The molecule has 0 saturated carbocycles. The third kappa shape index (κ3) is 2.32. The molecule has 2 atom stereocenters. The normalized spacial score (nSPS) is 29.2. The third-order valence-electron chi connectivity index (χ3n) is 4.39. The smallest absolute Gasteiger partial charge is 0.270 e. The standard InChI is InChI=1S/C14H19F2N3O/c15-13(16)8-18-5-1-2-12(18)14(20)19-10-3-4-11(19)7-9(17)6-10/h1-2,5,9-11,13H,3-4,6-8,17H2. The number of carbonyl (C=O) groups is 1. The van der Waals surface area contributed by atoms with Crippen molar-refractivity contribution in [2.45, 2.75) is 56.8 Å². The highest BCUT2D eigenvalue weighted by Crippen LogP contribution is 2.36. The first kappa shape index (κ1) is 13.5. The molecule has 110 valence electrons. The van der Waals surface area contributed by atoms with E-state index in [1.807, 2.05) is 4.90 Å². The minimum atomic E-state index is -2.46. The summed E-state index contributed by atoms with van der Waals surface area (Å²) in [5.41, 5.74) is 6.35. The molecule has 20 heavy (non-hydrogen) atoms. The molecule has 3 rings (SSSR count). The number of nitrogens with two attached hydrogens (primary N) is 1. The zero-order chi connectivity index (χ0) is 14.3. The fourth-order valence-electron chi connectivity index (χ4n) is 3.60. The quantitative estimate of drug-likeness (QED) is 0.920. The predicted octanol–water partition coefficient (Wildman–Crippen LogP) is 1.85. The van der Waals surface area contributed by atoms with Crippen molar-refractivity contribution in [2.24, 2.45) is 5.73 Å². The van der Waals surface area contributed by atoms with Gasteiger partial charge >= 0.3 is 0 Å². The van der Waals surface area contributed by atoms with E-state index in [2.05, 4.69) is 0 Å². The van der Waals surface area contributed by atoms with Crippen molar-refractivity contribution in [3.8, 4) is 0 Å². The largest absolute Gasteiger partial charge is 0.338 e. The Labute approximate surface area is 116 Å². The van der Waals surface area contributed by atoms with Crippen molar-refractivity contribution < 1.29 is 13.6 Å². The molecule has 6 heteroatoms. The van der Waals surface area contributed by atoms with Gasteiger partial charge in [0, 0.05) is 24.3 Å². The van der Waals surface area contributed by atoms with E-state index in [-0.39, 0.29) is 24.0 Å². The van der Waals surface area contributed by atoms with Gasteiger partial charge in [0.25, 0.3) is 12.3 Å². The van der Waals surface area contributed by atoms with E-state index in [4.69, 9.17) is 5.73 Å². The second kappa shape index (κ2) is 5.16. The van der Waals surface area contributed by atoms with E-state index >= 15 is 0 Å². The lowest BCUT2D eigenvalue weighted by molar-refractivity contribution is 0.0557. The molecule has 0 spiro atoms. The Hall–Kier alpha value is -1.43. The van der Waals surface area contributed by atoms with Crippen LogP contribution in [0.25, 0.3) is 0 Å². The van der Waals surface area contributed by atoms with Crippen LogP contribution in [-0.4, -0.2) is 39.9 Å². The van der Waals surface area contributed by atoms with Crippen LogP contribution in [-0.2, 0) is 6.54 Å². The number of alkyl halides is 2. The molecule has 0 aromatic carbocycles. The first-order valence-electron chi connectivity index (χ1n) is 7.08. The number of hydrogen-bond acceptors (Lipinski definition) is 2. The molecular formula is C14H19F2N3O. The summed E-state index contributed by atoms with van der Waals surface area (Å²) in [4.78, 5) is 14.5. The molecule has 1 amide bonds. The first-order chi connectivity index (χ1) is 9.56. The average molecular weight is 283 g/mol. The van der Waals surface area contributed by atoms with Crippen LogP contribution in [0.15, 0.2) is 18.3 Å². The van der Waals surface area contributed by atoms with Gasteiger partial charge in [0.05, 0.1) is 6.54 Å². The van der Waals surface area contributed by atoms with Gasteiger partial charge in [-0.25, -0.2) is 8.78 Å². The van der Waals surface area contributed by atoms with Crippen LogP contribution in [0, 0.1) is 0 Å². The Kier molecular flexibility index (Phi) is 3.50. The monoisotopic (exact) mass is 283 g/mol. The molecule has 0 radical (unpaired) electrons. The number of aromatic nitrogens is 1. The third-order valence-corrected chi connectivity index (χ3v) is 4.39. The molecule has 2 fully saturated rings. The molecule has 1 aromatic rings. The summed E-state index contributed by atoms with van der Waals surface area (Å²) in [6.07, 6.45) is 2.66. The van der Waals surface area contributed by atoms with Gasteiger partial charge in [-0.15, -0.1) is 0 Å². The zero-order valence-electron chi connectivity index (χ0n) is 11.2. The molecule has 0 aliphatic carbocycles. The molecule has 2 aliphatic rings. The maximum atomic E-state index is 12.7. The number of carbonyl (C=O) groups excluding carboxylic acids is 1. The summed E-state index contributed by atoms with van der Waals surface area (Å²) in [5.74, 6) is -0.130. The van der Waals surface area contributed by atoms with Gasteiger partial charge in [-0.3, -0.25) is 4.79 Å². The predicted molar refractivity (Wildman–Crippen MR) is 70.6 cm³/mol. The Balaban J connectivity index is 1.81. The maximum Gasteiger partial charge on any atom is 0.270 e. The number of amides is 1. The van der Waals surface area contributed by atoms with Gasteiger partial charge in [0.15, 0.2) is 0 Å². The SMILES string of the molecule is NC1CC2CCC(C1)N2C(=O)c1cccn1CC(F)F. The molecule has 4 nitrogen and oxygen atoms in total. The van der Waals surface area contributed by atoms with Crippen molar-refractivity contribution in [1.82, 2.24) is 9.47 Å². The van der Waals surface area contributed by atoms with E-state index in [9.17, 15) is 13.6 Å². The minimum Gasteiger partial charge on any atom is -0.338 e. The molecule has 2 unspecified atom stereocenters. The second-order valence-electron chi connectivity index (χ2n) is 5.77. The highest BCUT2D eigenvalue weighted by atomic mass is 19.3. The van der Waals surface area contributed by atoms with E-state index in [1.54, 1.807) is 12.1 Å². The number of piperidine rings is 1.